The summed E-state index contributed by atoms with van der Waals surface area (Å²) < 4.78 is 5.44. The molecule has 0 saturated carbocycles. The highest BCUT2D eigenvalue weighted by molar-refractivity contribution is 6.35. The Morgan fingerprint density at radius 2 is 2.04 bits per heavy atom. The van der Waals surface area contributed by atoms with Gasteiger partial charge in [0.2, 0.25) is 5.91 Å². The molecular formula is C17H16Cl2N2O2. The van der Waals surface area contributed by atoms with E-state index in [-0.39, 0.29) is 12.5 Å². The molecule has 23 heavy (non-hydrogen) atoms. The number of ether oxygens (including phenoxy) is 1. The molecule has 0 spiro atoms. The maximum atomic E-state index is 12.0. The lowest BCUT2D eigenvalue weighted by Crippen LogP contribution is -2.21. The first-order valence-corrected chi connectivity index (χ1v) is 7.66. The van der Waals surface area contributed by atoms with Gasteiger partial charge in [0.05, 0.1) is 17.3 Å². The Labute approximate surface area is 145 Å². The highest BCUT2D eigenvalue weighted by atomic mass is 35.5. The second-order valence-corrected chi connectivity index (χ2v) is 5.50. The normalized spacial score (nSPS) is 10.0. The fourth-order valence-corrected chi connectivity index (χ4v) is 2.16. The first-order valence-electron chi connectivity index (χ1n) is 6.91. The Balaban J connectivity index is 1.91. The summed E-state index contributed by atoms with van der Waals surface area (Å²) in [7, 11) is 0. The van der Waals surface area contributed by atoms with Crippen molar-refractivity contribution in [1.82, 2.24) is 0 Å². The van der Waals surface area contributed by atoms with E-state index in [4.69, 9.17) is 27.9 Å². The van der Waals surface area contributed by atoms with Crippen molar-refractivity contribution in [2.75, 3.05) is 23.8 Å². The molecule has 0 unspecified atom stereocenters. The first kappa shape index (κ1) is 17.2. The SMILES string of the molecule is C=CCOc1cccc(NCC(=O)Nc2cc(Cl)ccc2Cl)c1. The summed E-state index contributed by atoms with van der Waals surface area (Å²) in [5.41, 5.74) is 1.26. The third kappa shape index (κ3) is 5.51. The zero-order valence-electron chi connectivity index (χ0n) is 12.3. The van der Waals surface area contributed by atoms with E-state index in [1.54, 1.807) is 24.3 Å². The molecule has 2 aromatic rings. The zero-order valence-corrected chi connectivity index (χ0v) is 13.8. The summed E-state index contributed by atoms with van der Waals surface area (Å²) in [4.78, 5) is 12.0. The van der Waals surface area contributed by atoms with Crippen molar-refractivity contribution >= 4 is 40.5 Å². The van der Waals surface area contributed by atoms with E-state index in [2.05, 4.69) is 17.2 Å². The fraction of sp³-hybridized carbons (Fsp3) is 0.118. The molecule has 4 nitrogen and oxygen atoms in total. The minimum Gasteiger partial charge on any atom is -0.489 e. The molecule has 0 aliphatic heterocycles. The van der Waals surface area contributed by atoms with Crippen LogP contribution in [0.3, 0.4) is 0 Å². The summed E-state index contributed by atoms with van der Waals surface area (Å²) in [5.74, 6) is 0.472. The van der Waals surface area contributed by atoms with Gasteiger partial charge in [-0.3, -0.25) is 4.79 Å². The number of carbonyl (C=O) groups excluding carboxylic acids is 1. The minimum atomic E-state index is -0.230. The molecule has 0 aliphatic rings. The largest absolute Gasteiger partial charge is 0.489 e. The number of benzene rings is 2. The van der Waals surface area contributed by atoms with Crippen molar-refractivity contribution in [1.29, 1.82) is 0 Å². The molecule has 0 aromatic heterocycles. The van der Waals surface area contributed by atoms with Gasteiger partial charge in [-0.25, -0.2) is 0 Å². The van der Waals surface area contributed by atoms with Crippen LogP contribution in [-0.4, -0.2) is 19.1 Å². The minimum absolute atomic E-state index is 0.0910. The third-order valence-corrected chi connectivity index (χ3v) is 3.42. The van der Waals surface area contributed by atoms with Crippen molar-refractivity contribution < 1.29 is 9.53 Å². The van der Waals surface area contributed by atoms with Gasteiger partial charge in [-0.05, 0) is 30.3 Å². The third-order valence-electron chi connectivity index (χ3n) is 2.86. The summed E-state index contributed by atoms with van der Waals surface area (Å²) in [5, 5.41) is 6.67. The van der Waals surface area contributed by atoms with Crippen LogP contribution in [0.1, 0.15) is 0 Å². The summed E-state index contributed by atoms with van der Waals surface area (Å²) in [6.07, 6.45) is 1.67. The fourth-order valence-electron chi connectivity index (χ4n) is 1.82. The molecule has 2 N–H and O–H groups in total. The van der Waals surface area contributed by atoms with Gasteiger partial charge in [0.25, 0.3) is 0 Å². The van der Waals surface area contributed by atoms with Crippen molar-refractivity contribution in [2.24, 2.45) is 0 Å². The maximum Gasteiger partial charge on any atom is 0.243 e. The smallest absolute Gasteiger partial charge is 0.243 e. The van der Waals surface area contributed by atoms with E-state index in [0.29, 0.717) is 28.1 Å². The second-order valence-electron chi connectivity index (χ2n) is 4.65. The topological polar surface area (TPSA) is 50.4 Å². The van der Waals surface area contributed by atoms with Crippen LogP contribution < -0.4 is 15.4 Å². The van der Waals surface area contributed by atoms with Gasteiger partial charge in [0, 0.05) is 16.8 Å². The van der Waals surface area contributed by atoms with Gasteiger partial charge in [0.1, 0.15) is 12.4 Å². The van der Waals surface area contributed by atoms with Gasteiger partial charge in [-0.1, -0.05) is 41.9 Å². The highest BCUT2D eigenvalue weighted by Crippen LogP contribution is 2.25. The van der Waals surface area contributed by atoms with Crippen LogP contribution in [-0.2, 0) is 4.79 Å². The molecule has 0 bridgehead atoms. The first-order chi connectivity index (χ1) is 11.1. The lowest BCUT2D eigenvalue weighted by atomic mass is 10.3. The average Bonchev–Trinajstić information content (AvgIpc) is 2.55. The van der Waals surface area contributed by atoms with Crippen molar-refractivity contribution in [3.8, 4) is 5.75 Å². The summed E-state index contributed by atoms with van der Waals surface area (Å²) >= 11 is 11.9. The van der Waals surface area contributed by atoms with Crippen molar-refractivity contribution in [2.45, 2.75) is 0 Å². The van der Waals surface area contributed by atoms with Crippen LogP contribution in [0.2, 0.25) is 10.0 Å². The van der Waals surface area contributed by atoms with Gasteiger partial charge in [-0.15, -0.1) is 0 Å². The molecule has 2 rings (SSSR count). The maximum absolute atomic E-state index is 12.0. The number of anilines is 2. The van der Waals surface area contributed by atoms with E-state index in [9.17, 15) is 4.79 Å². The number of halogens is 2. The number of hydrogen-bond donors (Lipinski definition) is 2. The molecule has 2 aromatic carbocycles. The number of nitrogens with one attached hydrogen (secondary N) is 2. The molecule has 0 saturated heterocycles. The van der Waals surface area contributed by atoms with Crippen molar-refractivity contribution in [3.05, 3.63) is 65.2 Å². The van der Waals surface area contributed by atoms with Crippen LogP contribution in [0.15, 0.2) is 55.1 Å². The molecule has 0 radical (unpaired) electrons. The van der Waals surface area contributed by atoms with Crippen LogP contribution >= 0.6 is 23.2 Å². The number of rotatable bonds is 7. The molecule has 0 aliphatic carbocycles. The highest BCUT2D eigenvalue weighted by Gasteiger charge is 2.07. The Morgan fingerprint density at radius 3 is 2.83 bits per heavy atom. The van der Waals surface area contributed by atoms with E-state index >= 15 is 0 Å². The molecule has 120 valence electrons. The zero-order chi connectivity index (χ0) is 16.7. The molecule has 0 fully saturated rings. The van der Waals surface area contributed by atoms with Gasteiger partial charge >= 0.3 is 0 Å². The Kier molecular flexibility index (Phi) is 6.32. The summed E-state index contributed by atoms with van der Waals surface area (Å²) in [6.45, 7) is 4.12. The standard InChI is InChI=1S/C17H16Cl2N2O2/c1-2-8-23-14-5-3-4-13(10-14)20-11-17(22)21-16-9-12(18)6-7-15(16)19/h2-7,9-10,20H,1,8,11H2,(H,21,22). The predicted molar refractivity (Wildman–Crippen MR) is 95.7 cm³/mol. The van der Waals surface area contributed by atoms with E-state index < -0.39 is 0 Å². The van der Waals surface area contributed by atoms with Crippen LogP contribution in [0.5, 0.6) is 5.75 Å². The molecular weight excluding hydrogens is 335 g/mol. The summed E-state index contributed by atoms with van der Waals surface area (Å²) in [6, 6.07) is 12.2. The number of amides is 1. The van der Waals surface area contributed by atoms with E-state index in [0.717, 1.165) is 5.69 Å². The van der Waals surface area contributed by atoms with Crippen LogP contribution in [0, 0.1) is 0 Å². The lowest BCUT2D eigenvalue weighted by molar-refractivity contribution is -0.114. The van der Waals surface area contributed by atoms with Gasteiger partial charge in [-0.2, -0.15) is 0 Å². The number of hydrogen-bond acceptors (Lipinski definition) is 3. The quantitative estimate of drug-likeness (QED) is 0.717. The Bertz CT molecular complexity index is 705. The van der Waals surface area contributed by atoms with E-state index in [1.807, 2.05) is 24.3 Å². The van der Waals surface area contributed by atoms with Crippen LogP contribution in [0.4, 0.5) is 11.4 Å². The Hall–Kier alpha value is -2.17. The average molecular weight is 351 g/mol. The van der Waals surface area contributed by atoms with Crippen molar-refractivity contribution in [3.63, 3.8) is 0 Å². The second kappa shape index (κ2) is 8.46. The monoisotopic (exact) mass is 350 g/mol. The lowest BCUT2D eigenvalue weighted by Gasteiger charge is -2.10. The molecule has 0 atom stereocenters. The molecule has 0 heterocycles. The van der Waals surface area contributed by atoms with Crippen LogP contribution in [0.25, 0.3) is 0 Å². The van der Waals surface area contributed by atoms with Gasteiger partial charge in [0.15, 0.2) is 0 Å². The number of carbonyl (C=O) groups is 1. The van der Waals surface area contributed by atoms with E-state index in [1.165, 1.54) is 0 Å². The molecule has 6 heteroatoms. The van der Waals surface area contributed by atoms with Gasteiger partial charge < -0.3 is 15.4 Å². The molecule has 1 amide bonds. The predicted octanol–water partition coefficient (Wildman–Crippen LogP) is 4.61. The Morgan fingerprint density at radius 1 is 1.22 bits per heavy atom.